The maximum absolute atomic E-state index is 11.8. The molecule has 4 heteroatoms. The van der Waals surface area contributed by atoms with Crippen LogP contribution < -0.4 is 5.32 Å². The van der Waals surface area contributed by atoms with Crippen LogP contribution in [0.3, 0.4) is 0 Å². The van der Waals surface area contributed by atoms with E-state index in [1.54, 1.807) is 6.33 Å². The van der Waals surface area contributed by atoms with Crippen molar-refractivity contribution in [2.75, 3.05) is 0 Å². The number of imidazole rings is 1. The summed E-state index contributed by atoms with van der Waals surface area (Å²) in [6.45, 7) is 6.27. The molecule has 0 unspecified atom stereocenters. The lowest BCUT2D eigenvalue weighted by atomic mass is 9.95. The first-order valence-corrected chi connectivity index (χ1v) is 6.06. The topological polar surface area (TPSA) is 46.9 Å². The second kappa shape index (κ2) is 4.44. The Hall–Kier alpha value is -1.84. The van der Waals surface area contributed by atoms with Crippen LogP contribution in [-0.4, -0.2) is 15.5 Å². The van der Waals surface area contributed by atoms with Crippen LogP contribution in [0.1, 0.15) is 26.3 Å². The molecule has 0 aliphatic heterocycles. The van der Waals surface area contributed by atoms with Gasteiger partial charge in [-0.05, 0) is 17.7 Å². The predicted octanol–water partition coefficient (Wildman–Crippen LogP) is 2.24. The van der Waals surface area contributed by atoms with E-state index in [1.807, 2.05) is 50.6 Å². The van der Waals surface area contributed by atoms with Crippen molar-refractivity contribution >= 4 is 16.9 Å². The number of nitrogens with one attached hydrogen (secondary N) is 1. The molecule has 96 valence electrons. The van der Waals surface area contributed by atoms with Crippen LogP contribution in [-0.2, 0) is 18.4 Å². The molecule has 0 saturated carbocycles. The first kappa shape index (κ1) is 12.6. The number of amides is 1. The van der Waals surface area contributed by atoms with Gasteiger partial charge in [0.05, 0.1) is 17.4 Å². The van der Waals surface area contributed by atoms with Crippen LogP contribution >= 0.6 is 0 Å². The molecule has 0 fully saturated rings. The van der Waals surface area contributed by atoms with Gasteiger partial charge in [0, 0.05) is 19.0 Å². The molecule has 0 atom stereocenters. The Bertz CT molecular complexity index is 578. The number of hydrogen-bond acceptors (Lipinski definition) is 2. The van der Waals surface area contributed by atoms with Crippen LogP contribution in [0.15, 0.2) is 24.5 Å². The molecule has 4 nitrogen and oxygen atoms in total. The average molecular weight is 245 g/mol. The minimum Gasteiger partial charge on any atom is -0.352 e. The lowest BCUT2D eigenvalue weighted by Gasteiger charge is -2.17. The van der Waals surface area contributed by atoms with Crippen LogP contribution in [0, 0.1) is 5.41 Å². The normalized spacial score (nSPS) is 11.8. The van der Waals surface area contributed by atoms with Gasteiger partial charge >= 0.3 is 0 Å². The molecule has 18 heavy (non-hydrogen) atoms. The summed E-state index contributed by atoms with van der Waals surface area (Å²) in [6, 6.07) is 6.06. The molecular formula is C14H19N3O. The van der Waals surface area contributed by atoms with Crippen molar-refractivity contribution in [3.8, 4) is 0 Å². The summed E-state index contributed by atoms with van der Waals surface area (Å²) < 4.78 is 1.98. The third kappa shape index (κ3) is 2.53. The Morgan fingerprint density at radius 1 is 1.39 bits per heavy atom. The summed E-state index contributed by atoms with van der Waals surface area (Å²) in [5.74, 6) is 0.0589. The lowest BCUT2D eigenvalue weighted by Crippen LogP contribution is -2.34. The molecular weight excluding hydrogens is 226 g/mol. The average Bonchev–Trinajstić information content (AvgIpc) is 2.66. The van der Waals surface area contributed by atoms with E-state index in [9.17, 15) is 4.79 Å². The Morgan fingerprint density at radius 3 is 2.78 bits per heavy atom. The second-order valence-electron chi connectivity index (χ2n) is 5.61. The number of aromatic nitrogens is 2. The standard InChI is InChI=1S/C14H19N3O/c1-14(2,3)13(18)15-8-10-5-6-12-11(7-10)16-9-17(12)4/h5-7,9H,8H2,1-4H3,(H,15,18). The summed E-state index contributed by atoms with van der Waals surface area (Å²) in [5, 5.41) is 2.94. The van der Waals surface area contributed by atoms with E-state index < -0.39 is 0 Å². The quantitative estimate of drug-likeness (QED) is 0.882. The number of aryl methyl sites for hydroxylation is 1. The molecule has 0 saturated heterocycles. The zero-order chi connectivity index (χ0) is 13.3. The zero-order valence-corrected chi connectivity index (χ0v) is 11.3. The third-order valence-corrected chi connectivity index (χ3v) is 2.92. The number of carbonyl (C=O) groups excluding carboxylic acids is 1. The Labute approximate surface area is 107 Å². The van der Waals surface area contributed by atoms with Crippen molar-refractivity contribution in [1.29, 1.82) is 0 Å². The highest BCUT2D eigenvalue weighted by Crippen LogP contribution is 2.15. The number of nitrogens with zero attached hydrogens (tertiary/aromatic N) is 2. The highest BCUT2D eigenvalue weighted by atomic mass is 16.2. The molecule has 1 N–H and O–H groups in total. The van der Waals surface area contributed by atoms with Gasteiger partial charge in [0.25, 0.3) is 0 Å². The van der Waals surface area contributed by atoms with Gasteiger partial charge in [-0.15, -0.1) is 0 Å². The summed E-state index contributed by atoms with van der Waals surface area (Å²) in [5.41, 5.74) is 2.77. The summed E-state index contributed by atoms with van der Waals surface area (Å²) >= 11 is 0. The van der Waals surface area contributed by atoms with E-state index in [4.69, 9.17) is 0 Å². The van der Waals surface area contributed by atoms with E-state index in [0.29, 0.717) is 6.54 Å². The molecule has 1 heterocycles. The molecule has 0 bridgehead atoms. The minimum absolute atomic E-state index is 0.0589. The predicted molar refractivity (Wildman–Crippen MR) is 72.0 cm³/mol. The van der Waals surface area contributed by atoms with E-state index in [1.165, 1.54) is 0 Å². The molecule has 0 aliphatic rings. The number of rotatable bonds is 2. The Morgan fingerprint density at radius 2 is 2.11 bits per heavy atom. The van der Waals surface area contributed by atoms with Crippen molar-refractivity contribution in [3.63, 3.8) is 0 Å². The van der Waals surface area contributed by atoms with Crippen molar-refractivity contribution in [3.05, 3.63) is 30.1 Å². The minimum atomic E-state index is -0.352. The van der Waals surface area contributed by atoms with Crippen LogP contribution in [0.2, 0.25) is 0 Å². The van der Waals surface area contributed by atoms with Crippen LogP contribution in [0.5, 0.6) is 0 Å². The molecule has 0 spiro atoms. The van der Waals surface area contributed by atoms with E-state index in [2.05, 4.69) is 10.3 Å². The SMILES string of the molecule is Cn1cnc2cc(CNC(=O)C(C)(C)C)ccc21. The monoisotopic (exact) mass is 245 g/mol. The summed E-state index contributed by atoms with van der Waals surface area (Å²) in [4.78, 5) is 16.1. The maximum Gasteiger partial charge on any atom is 0.225 e. The van der Waals surface area contributed by atoms with Gasteiger partial charge in [-0.1, -0.05) is 26.8 Å². The Balaban J connectivity index is 2.11. The van der Waals surface area contributed by atoms with Crippen molar-refractivity contribution in [2.45, 2.75) is 27.3 Å². The fraction of sp³-hybridized carbons (Fsp3) is 0.429. The fourth-order valence-electron chi connectivity index (χ4n) is 1.74. The molecule has 1 aromatic carbocycles. The van der Waals surface area contributed by atoms with Crippen molar-refractivity contribution in [2.24, 2.45) is 12.5 Å². The van der Waals surface area contributed by atoms with Gasteiger partial charge in [-0.2, -0.15) is 0 Å². The number of benzene rings is 1. The largest absolute Gasteiger partial charge is 0.352 e. The number of hydrogen-bond donors (Lipinski definition) is 1. The first-order valence-electron chi connectivity index (χ1n) is 6.06. The smallest absolute Gasteiger partial charge is 0.225 e. The molecule has 1 aromatic heterocycles. The van der Waals surface area contributed by atoms with Gasteiger partial charge in [-0.3, -0.25) is 4.79 Å². The third-order valence-electron chi connectivity index (χ3n) is 2.92. The Kier molecular flexibility index (Phi) is 3.11. The summed E-state index contributed by atoms with van der Waals surface area (Å²) in [7, 11) is 1.97. The van der Waals surface area contributed by atoms with Crippen molar-refractivity contribution < 1.29 is 4.79 Å². The fourth-order valence-corrected chi connectivity index (χ4v) is 1.74. The zero-order valence-electron chi connectivity index (χ0n) is 11.3. The van der Waals surface area contributed by atoms with Gasteiger partial charge in [0.1, 0.15) is 0 Å². The van der Waals surface area contributed by atoms with E-state index in [0.717, 1.165) is 16.6 Å². The van der Waals surface area contributed by atoms with Crippen LogP contribution in [0.25, 0.3) is 11.0 Å². The van der Waals surface area contributed by atoms with Gasteiger partial charge in [0.15, 0.2) is 0 Å². The number of fused-ring (bicyclic) bond motifs is 1. The number of carbonyl (C=O) groups is 1. The second-order valence-corrected chi connectivity index (χ2v) is 5.61. The van der Waals surface area contributed by atoms with Gasteiger partial charge < -0.3 is 9.88 Å². The molecule has 0 radical (unpaired) electrons. The highest BCUT2D eigenvalue weighted by molar-refractivity contribution is 5.81. The first-order chi connectivity index (χ1) is 8.38. The lowest BCUT2D eigenvalue weighted by molar-refractivity contribution is -0.128. The van der Waals surface area contributed by atoms with Gasteiger partial charge in [-0.25, -0.2) is 4.98 Å². The highest BCUT2D eigenvalue weighted by Gasteiger charge is 2.20. The maximum atomic E-state index is 11.8. The van der Waals surface area contributed by atoms with Crippen LogP contribution in [0.4, 0.5) is 0 Å². The van der Waals surface area contributed by atoms with E-state index in [-0.39, 0.29) is 11.3 Å². The molecule has 0 aliphatic carbocycles. The molecule has 2 rings (SSSR count). The molecule has 1 amide bonds. The summed E-state index contributed by atoms with van der Waals surface area (Å²) in [6.07, 6.45) is 1.79. The molecule has 2 aromatic rings. The van der Waals surface area contributed by atoms with Crippen molar-refractivity contribution in [1.82, 2.24) is 14.9 Å². The van der Waals surface area contributed by atoms with E-state index >= 15 is 0 Å². The van der Waals surface area contributed by atoms with Gasteiger partial charge in [0.2, 0.25) is 5.91 Å².